The minimum atomic E-state index is -0.386. The molecule has 2 aromatic carbocycles. The number of benzene rings is 2. The Bertz CT molecular complexity index is 1320. The van der Waals surface area contributed by atoms with E-state index in [1.807, 2.05) is 37.3 Å². The van der Waals surface area contributed by atoms with Gasteiger partial charge in [-0.2, -0.15) is 0 Å². The number of aryl methyl sites for hydroxylation is 1. The van der Waals surface area contributed by atoms with Gasteiger partial charge in [0.25, 0.3) is 11.5 Å². The van der Waals surface area contributed by atoms with Crippen LogP contribution in [0.4, 0.5) is 5.69 Å². The molecule has 162 valence electrons. The number of hydrogen-bond acceptors (Lipinski definition) is 6. The van der Waals surface area contributed by atoms with Crippen LogP contribution in [0.5, 0.6) is 5.75 Å². The van der Waals surface area contributed by atoms with Gasteiger partial charge in [0.15, 0.2) is 5.69 Å². The molecule has 0 aliphatic heterocycles. The van der Waals surface area contributed by atoms with E-state index < -0.39 is 0 Å². The summed E-state index contributed by atoms with van der Waals surface area (Å²) in [6.45, 7) is 3.71. The van der Waals surface area contributed by atoms with Gasteiger partial charge in [0.2, 0.25) is 0 Å². The van der Waals surface area contributed by atoms with Gasteiger partial charge in [0, 0.05) is 23.0 Å². The Balaban J connectivity index is 1.57. The number of ether oxygens (including phenoxy) is 1. The molecule has 2 heterocycles. The maximum absolute atomic E-state index is 12.9. The van der Waals surface area contributed by atoms with E-state index in [1.54, 1.807) is 36.9 Å². The molecule has 0 spiro atoms. The summed E-state index contributed by atoms with van der Waals surface area (Å²) >= 11 is 0. The molecule has 0 saturated carbocycles. The van der Waals surface area contributed by atoms with Crippen molar-refractivity contribution in [2.45, 2.75) is 20.3 Å². The summed E-state index contributed by atoms with van der Waals surface area (Å²) in [6, 6.07) is 15.9. The highest BCUT2D eigenvalue weighted by molar-refractivity contribution is 6.03. The second-order valence-electron chi connectivity index (χ2n) is 7.11. The zero-order chi connectivity index (χ0) is 22.7. The highest BCUT2D eigenvalue weighted by atomic mass is 16.5. The van der Waals surface area contributed by atoms with Crippen molar-refractivity contribution in [1.29, 1.82) is 0 Å². The number of carbonyl (C=O) groups is 1. The fraction of sp³-hybridized carbons (Fsp3) is 0.174. The molecular formula is C23H22N6O3. The summed E-state index contributed by atoms with van der Waals surface area (Å²) in [6.07, 6.45) is 0.649. The lowest BCUT2D eigenvalue weighted by Crippen LogP contribution is -2.14. The fourth-order valence-corrected chi connectivity index (χ4v) is 3.27. The van der Waals surface area contributed by atoms with Crippen LogP contribution in [-0.4, -0.2) is 38.0 Å². The summed E-state index contributed by atoms with van der Waals surface area (Å²) in [4.78, 5) is 32.0. The number of H-pyrrole nitrogens is 1. The molecule has 9 nitrogen and oxygen atoms in total. The standard InChI is InChI=1S/C23H22N6O3/c1-4-16-13-20(30)26-22(24-16)15-6-5-7-17(12-15)25-23(31)21-14(2)29(28-27-21)18-8-10-19(32-3)11-9-18/h5-13H,4H2,1-3H3,(H,25,31)(H,24,26,30). The van der Waals surface area contributed by atoms with Crippen molar-refractivity contribution in [3.8, 4) is 22.8 Å². The van der Waals surface area contributed by atoms with Gasteiger partial charge in [-0.1, -0.05) is 24.3 Å². The number of amides is 1. The molecule has 2 aromatic heterocycles. The molecule has 1 amide bonds. The lowest BCUT2D eigenvalue weighted by Gasteiger charge is -2.08. The molecule has 4 aromatic rings. The SMILES string of the molecule is CCc1cc(=O)[nH]c(-c2cccc(NC(=O)c3nnn(-c4ccc(OC)cc4)c3C)c2)n1. The topological polar surface area (TPSA) is 115 Å². The van der Waals surface area contributed by atoms with Crippen molar-refractivity contribution in [2.24, 2.45) is 0 Å². The first-order valence-electron chi connectivity index (χ1n) is 10.1. The molecule has 0 atom stereocenters. The summed E-state index contributed by atoms with van der Waals surface area (Å²) in [5.74, 6) is 0.792. The van der Waals surface area contributed by atoms with Crippen LogP contribution in [0.1, 0.15) is 28.8 Å². The van der Waals surface area contributed by atoms with Crippen molar-refractivity contribution in [1.82, 2.24) is 25.0 Å². The Morgan fingerprint density at radius 3 is 2.66 bits per heavy atom. The molecular weight excluding hydrogens is 408 g/mol. The average Bonchev–Trinajstić information content (AvgIpc) is 3.20. The lowest BCUT2D eigenvalue weighted by atomic mass is 10.1. The van der Waals surface area contributed by atoms with Crippen LogP contribution < -0.4 is 15.6 Å². The van der Waals surface area contributed by atoms with E-state index in [1.165, 1.54) is 6.07 Å². The van der Waals surface area contributed by atoms with Gasteiger partial charge < -0.3 is 15.0 Å². The first-order chi connectivity index (χ1) is 15.5. The quantitative estimate of drug-likeness (QED) is 0.486. The smallest absolute Gasteiger partial charge is 0.278 e. The van der Waals surface area contributed by atoms with Crippen molar-refractivity contribution in [3.63, 3.8) is 0 Å². The van der Waals surface area contributed by atoms with Crippen molar-refractivity contribution >= 4 is 11.6 Å². The van der Waals surface area contributed by atoms with Gasteiger partial charge in [-0.25, -0.2) is 9.67 Å². The van der Waals surface area contributed by atoms with Gasteiger partial charge in [-0.15, -0.1) is 5.10 Å². The van der Waals surface area contributed by atoms with E-state index in [-0.39, 0.29) is 17.2 Å². The van der Waals surface area contributed by atoms with E-state index in [4.69, 9.17) is 4.74 Å². The van der Waals surface area contributed by atoms with Crippen LogP contribution in [0.2, 0.25) is 0 Å². The van der Waals surface area contributed by atoms with Crippen molar-refractivity contribution in [3.05, 3.63) is 82.0 Å². The van der Waals surface area contributed by atoms with Crippen molar-refractivity contribution in [2.75, 3.05) is 12.4 Å². The molecule has 0 aliphatic carbocycles. The number of aromatic nitrogens is 5. The van der Waals surface area contributed by atoms with E-state index in [0.29, 0.717) is 34.9 Å². The molecule has 4 rings (SSSR count). The van der Waals surface area contributed by atoms with Crippen LogP contribution in [0.25, 0.3) is 17.1 Å². The Labute approximate surface area is 184 Å². The Kier molecular flexibility index (Phi) is 5.80. The zero-order valence-corrected chi connectivity index (χ0v) is 17.9. The van der Waals surface area contributed by atoms with Crippen LogP contribution in [-0.2, 0) is 6.42 Å². The number of anilines is 1. The molecule has 0 fully saturated rings. The van der Waals surface area contributed by atoms with E-state index in [9.17, 15) is 9.59 Å². The molecule has 9 heteroatoms. The number of carbonyl (C=O) groups excluding carboxylic acids is 1. The van der Waals surface area contributed by atoms with Crippen LogP contribution in [0.3, 0.4) is 0 Å². The maximum Gasteiger partial charge on any atom is 0.278 e. The minimum Gasteiger partial charge on any atom is -0.497 e. The molecule has 0 radical (unpaired) electrons. The van der Waals surface area contributed by atoms with Gasteiger partial charge in [0.05, 0.1) is 18.5 Å². The summed E-state index contributed by atoms with van der Waals surface area (Å²) < 4.78 is 6.77. The monoisotopic (exact) mass is 430 g/mol. The van der Waals surface area contributed by atoms with Crippen LogP contribution in [0.15, 0.2) is 59.4 Å². The van der Waals surface area contributed by atoms with Crippen LogP contribution in [0, 0.1) is 6.92 Å². The minimum absolute atomic E-state index is 0.214. The van der Waals surface area contributed by atoms with E-state index in [2.05, 4.69) is 25.6 Å². The summed E-state index contributed by atoms with van der Waals surface area (Å²) in [7, 11) is 1.60. The van der Waals surface area contributed by atoms with Gasteiger partial charge in [-0.05, 0) is 49.7 Å². The molecule has 0 saturated heterocycles. The normalized spacial score (nSPS) is 10.7. The molecule has 32 heavy (non-hydrogen) atoms. The van der Waals surface area contributed by atoms with Crippen molar-refractivity contribution < 1.29 is 9.53 Å². The zero-order valence-electron chi connectivity index (χ0n) is 17.9. The Morgan fingerprint density at radius 2 is 1.94 bits per heavy atom. The Hall–Kier alpha value is -4.27. The average molecular weight is 430 g/mol. The van der Waals surface area contributed by atoms with E-state index in [0.717, 1.165) is 11.4 Å². The number of aromatic amines is 1. The number of hydrogen-bond donors (Lipinski definition) is 2. The van der Waals surface area contributed by atoms with E-state index >= 15 is 0 Å². The third-order valence-corrected chi connectivity index (χ3v) is 4.98. The first-order valence-corrected chi connectivity index (χ1v) is 10.1. The largest absolute Gasteiger partial charge is 0.497 e. The number of rotatable bonds is 6. The van der Waals surface area contributed by atoms with Gasteiger partial charge in [0.1, 0.15) is 11.6 Å². The van der Waals surface area contributed by atoms with Crippen LogP contribution >= 0.6 is 0 Å². The highest BCUT2D eigenvalue weighted by Gasteiger charge is 2.18. The lowest BCUT2D eigenvalue weighted by molar-refractivity contribution is 0.102. The number of methoxy groups -OCH3 is 1. The highest BCUT2D eigenvalue weighted by Crippen LogP contribution is 2.21. The predicted octanol–water partition coefficient (Wildman–Crippen LogP) is 3.15. The second-order valence-corrected chi connectivity index (χ2v) is 7.11. The maximum atomic E-state index is 12.9. The number of nitrogens with one attached hydrogen (secondary N) is 2. The first kappa shape index (κ1) is 21.0. The predicted molar refractivity (Wildman–Crippen MR) is 120 cm³/mol. The third kappa shape index (κ3) is 4.27. The Morgan fingerprint density at radius 1 is 1.16 bits per heavy atom. The molecule has 0 unspecified atom stereocenters. The molecule has 2 N–H and O–H groups in total. The summed E-state index contributed by atoms with van der Waals surface area (Å²) in [5.41, 5.74) is 3.30. The van der Waals surface area contributed by atoms with Gasteiger partial charge in [-0.3, -0.25) is 9.59 Å². The second kappa shape index (κ2) is 8.84. The third-order valence-electron chi connectivity index (χ3n) is 4.98. The molecule has 0 aliphatic rings. The number of nitrogens with zero attached hydrogens (tertiary/aromatic N) is 4. The van der Waals surface area contributed by atoms with Gasteiger partial charge >= 0.3 is 0 Å². The molecule has 0 bridgehead atoms. The fourth-order valence-electron chi connectivity index (χ4n) is 3.27. The summed E-state index contributed by atoms with van der Waals surface area (Å²) in [5, 5.41) is 11.0.